The molecule has 0 amide bonds. The maximum absolute atomic E-state index is 12.1. The molecule has 0 spiro atoms. The molecule has 0 atom stereocenters. The Morgan fingerprint density at radius 1 is 1.20 bits per heavy atom. The van der Waals surface area contributed by atoms with Crippen molar-refractivity contribution in [2.24, 2.45) is 0 Å². The van der Waals surface area contributed by atoms with Crippen LogP contribution in [0.1, 0.15) is 24.1 Å². The van der Waals surface area contributed by atoms with Crippen molar-refractivity contribution < 1.29 is 8.42 Å². The lowest BCUT2D eigenvalue weighted by Gasteiger charge is -2.04. The summed E-state index contributed by atoms with van der Waals surface area (Å²) in [4.78, 5) is 1.10. The Bertz CT molecular complexity index is 472. The average molecular weight is 337 g/mol. The minimum atomic E-state index is -3.31. The van der Waals surface area contributed by atoms with Gasteiger partial charge in [0.2, 0.25) is 10.0 Å². The lowest BCUT2D eigenvalue weighted by Crippen LogP contribution is -2.24. The standard InChI is InChI=1S/C13H24N2O2S3/c1-14-10-8-12-6-7-13(19-12)20(16,17)15-9-4-3-5-11-18-2/h6-7,14-15H,3-5,8-11H2,1-2H3. The van der Waals surface area contributed by atoms with Crippen LogP contribution in [0.2, 0.25) is 0 Å². The first-order chi connectivity index (χ1) is 9.60. The molecule has 2 N–H and O–H groups in total. The molecule has 116 valence electrons. The third-order valence-corrected chi connectivity index (χ3v) is 6.64. The minimum absolute atomic E-state index is 0.424. The molecule has 0 saturated heterocycles. The summed E-state index contributed by atoms with van der Waals surface area (Å²) >= 11 is 3.19. The smallest absolute Gasteiger partial charge is 0.250 e. The van der Waals surface area contributed by atoms with E-state index >= 15 is 0 Å². The summed E-state index contributed by atoms with van der Waals surface area (Å²) in [6.45, 7) is 1.39. The number of unbranched alkanes of at least 4 members (excludes halogenated alkanes) is 2. The molecule has 0 aliphatic heterocycles. The van der Waals surface area contributed by atoms with Gasteiger partial charge in [-0.25, -0.2) is 13.1 Å². The maximum Gasteiger partial charge on any atom is 0.250 e. The van der Waals surface area contributed by atoms with E-state index in [0.717, 1.165) is 42.9 Å². The summed E-state index contributed by atoms with van der Waals surface area (Å²) in [6, 6.07) is 3.60. The SMILES string of the molecule is CNCCc1ccc(S(=O)(=O)NCCCCCSC)s1. The van der Waals surface area contributed by atoms with E-state index in [1.165, 1.54) is 11.3 Å². The molecule has 4 nitrogen and oxygen atoms in total. The molecular weight excluding hydrogens is 312 g/mol. The number of hydrogen-bond acceptors (Lipinski definition) is 5. The second-order valence-electron chi connectivity index (χ2n) is 4.53. The molecule has 1 heterocycles. The predicted molar refractivity (Wildman–Crippen MR) is 89.4 cm³/mol. The molecule has 0 bridgehead atoms. The average Bonchev–Trinajstić information content (AvgIpc) is 2.90. The lowest BCUT2D eigenvalue weighted by atomic mass is 10.2. The molecule has 1 rings (SSSR count). The Kier molecular flexibility index (Phi) is 8.79. The van der Waals surface area contributed by atoms with Gasteiger partial charge in [-0.15, -0.1) is 11.3 Å². The van der Waals surface area contributed by atoms with E-state index in [0.29, 0.717) is 10.8 Å². The Balaban J connectivity index is 2.38. The van der Waals surface area contributed by atoms with Crippen LogP contribution in [0.3, 0.4) is 0 Å². The monoisotopic (exact) mass is 336 g/mol. The highest BCUT2D eigenvalue weighted by Gasteiger charge is 2.15. The van der Waals surface area contributed by atoms with Crippen molar-refractivity contribution in [1.82, 2.24) is 10.0 Å². The highest BCUT2D eigenvalue weighted by atomic mass is 32.2. The summed E-state index contributed by atoms with van der Waals surface area (Å²) in [6.07, 6.45) is 6.07. The largest absolute Gasteiger partial charge is 0.319 e. The molecule has 1 aromatic heterocycles. The number of likely N-dealkylation sites (N-methyl/N-ethyl adjacent to an activating group) is 1. The van der Waals surface area contributed by atoms with Gasteiger partial charge in [-0.3, -0.25) is 0 Å². The van der Waals surface area contributed by atoms with Gasteiger partial charge in [-0.2, -0.15) is 11.8 Å². The van der Waals surface area contributed by atoms with Crippen LogP contribution < -0.4 is 10.0 Å². The van der Waals surface area contributed by atoms with Gasteiger partial charge in [-0.05, 0) is 57.0 Å². The van der Waals surface area contributed by atoms with Gasteiger partial charge in [0.25, 0.3) is 0 Å². The van der Waals surface area contributed by atoms with Crippen LogP contribution >= 0.6 is 23.1 Å². The second-order valence-corrected chi connectivity index (χ2v) is 8.67. The van der Waals surface area contributed by atoms with Crippen molar-refractivity contribution in [3.05, 3.63) is 17.0 Å². The second kappa shape index (κ2) is 9.78. The Hall–Kier alpha value is -0.0800. The van der Waals surface area contributed by atoms with Crippen LogP contribution in [0.5, 0.6) is 0 Å². The molecule has 0 aromatic carbocycles. The van der Waals surface area contributed by atoms with Gasteiger partial charge in [0.1, 0.15) is 4.21 Å². The molecule has 0 fully saturated rings. The highest BCUT2D eigenvalue weighted by molar-refractivity contribution is 7.98. The summed E-state index contributed by atoms with van der Waals surface area (Å²) in [7, 11) is -1.42. The summed E-state index contributed by atoms with van der Waals surface area (Å²) in [5.74, 6) is 1.15. The third kappa shape index (κ3) is 6.58. The Labute approximate surface area is 130 Å². The number of nitrogens with one attached hydrogen (secondary N) is 2. The summed E-state index contributed by atoms with van der Waals surface area (Å²) in [5, 5.41) is 3.06. The third-order valence-electron chi connectivity index (χ3n) is 2.84. The van der Waals surface area contributed by atoms with Crippen LogP contribution in [0.4, 0.5) is 0 Å². The quantitative estimate of drug-likeness (QED) is 0.609. The van der Waals surface area contributed by atoms with Crippen LogP contribution in [-0.4, -0.2) is 40.6 Å². The number of rotatable bonds is 11. The predicted octanol–water partition coefficient (Wildman–Crippen LogP) is 2.32. The number of hydrogen-bond donors (Lipinski definition) is 2. The topological polar surface area (TPSA) is 58.2 Å². The van der Waals surface area contributed by atoms with Crippen molar-refractivity contribution in [2.75, 3.05) is 32.1 Å². The Morgan fingerprint density at radius 3 is 2.70 bits per heavy atom. The van der Waals surface area contributed by atoms with Gasteiger partial charge >= 0.3 is 0 Å². The lowest BCUT2D eigenvalue weighted by molar-refractivity contribution is 0.578. The number of thioether (sulfide) groups is 1. The van der Waals surface area contributed by atoms with Gasteiger partial charge in [-0.1, -0.05) is 6.42 Å². The van der Waals surface area contributed by atoms with E-state index in [9.17, 15) is 8.42 Å². The van der Waals surface area contributed by atoms with Crippen LogP contribution in [0.25, 0.3) is 0 Å². The van der Waals surface area contributed by atoms with Crippen LogP contribution in [0.15, 0.2) is 16.3 Å². The van der Waals surface area contributed by atoms with E-state index < -0.39 is 10.0 Å². The highest BCUT2D eigenvalue weighted by Crippen LogP contribution is 2.21. The first-order valence-corrected chi connectivity index (χ1v) is 10.5. The first kappa shape index (κ1) is 18.0. The maximum atomic E-state index is 12.1. The molecule has 0 radical (unpaired) electrons. The zero-order valence-corrected chi connectivity index (χ0v) is 14.6. The molecule has 1 aromatic rings. The molecule has 0 unspecified atom stereocenters. The first-order valence-electron chi connectivity index (χ1n) is 6.82. The zero-order valence-electron chi connectivity index (χ0n) is 12.1. The minimum Gasteiger partial charge on any atom is -0.319 e. The van der Waals surface area contributed by atoms with E-state index in [-0.39, 0.29) is 0 Å². The van der Waals surface area contributed by atoms with Crippen molar-refractivity contribution in [3.63, 3.8) is 0 Å². The van der Waals surface area contributed by atoms with E-state index in [4.69, 9.17) is 0 Å². The molecular formula is C13H24N2O2S3. The van der Waals surface area contributed by atoms with Gasteiger partial charge in [0.05, 0.1) is 0 Å². The van der Waals surface area contributed by atoms with Crippen molar-refractivity contribution in [1.29, 1.82) is 0 Å². The fourth-order valence-electron chi connectivity index (χ4n) is 1.71. The van der Waals surface area contributed by atoms with Crippen molar-refractivity contribution >= 4 is 33.1 Å². The van der Waals surface area contributed by atoms with E-state index in [1.807, 2.05) is 24.9 Å². The van der Waals surface area contributed by atoms with E-state index in [2.05, 4.69) is 16.3 Å². The molecule has 0 saturated carbocycles. The van der Waals surface area contributed by atoms with Gasteiger partial charge < -0.3 is 5.32 Å². The van der Waals surface area contributed by atoms with E-state index in [1.54, 1.807) is 6.07 Å². The number of sulfonamides is 1. The zero-order chi connectivity index (χ0) is 14.8. The van der Waals surface area contributed by atoms with Gasteiger partial charge in [0, 0.05) is 11.4 Å². The fourth-order valence-corrected chi connectivity index (χ4v) is 4.68. The molecule has 20 heavy (non-hydrogen) atoms. The van der Waals surface area contributed by atoms with Crippen LogP contribution in [-0.2, 0) is 16.4 Å². The van der Waals surface area contributed by atoms with Crippen LogP contribution in [0, 0.1) is 0 Å². The Morgan fingerprint density at radius 2 is 2.00 bits per heavy atom. The summed E-state index contributed by atoms with van der Waals surface area (Å²) in [5.41, 5.74) is 0. The van der Waals surface area contributed by atoms with Crippen molar-refractivity contribution in [2.45, 2.75) is 29.9 Å². The molecule has 0 aliphatic carbocycles. The fraction of sp³-hybridized carbons (Fsp3) is 0.692. The number of thiophene rings is 1. The van der Waals surface area contributed by atoms with Crippen molar-refractivity contribution in [3.8, 4) is 0 Å². The normalized spacial score (nSPS) is 11.9. The van der Waals surface area contributed by atoms with Gasteiger partial charge in [0.15, 0.2) is 0 Å². The molecule has 7 heteroatoms. The molecule has 0 aliphatic rings. The summed E-state index contributed by atoms with van der Waals surface area (Å²) < 4.78 is 27.3.